The molecule has 0 N–H and O–H groups in total. The van der Waals surface area contributed by atoms with Crippen LogP contribution in [0.2, 0.25) is 0 Å². The predicted octanol–water partition coefficient (Wildman–Crippen LogP) is 3.18. The minimum Gasteiger partial charge on any atom is -0.274 e. The lowest BCUT2D eigenvalue weighted by Gasteiger charge is -2.16. The summed E-state index contributed by atoms with van der Waals surface area (Å²) in [7, 11) is 0. The van der Waals surface area contributed by atoms with E-state index in [1.807, 2.05) is 24.4 Å². The molecule has 0 amide bonds. The molecule has 0 saturated carbocycles. The van der Waals surface area contributed by atoms with Crippen LogP contribution in [0.1, 0.15) is 5.56 Å². The zero-order valence-electron chi connectivity index (χ0n) is 8.22. The lowest BCUT2D eigenvalue weighted by molar-refractivity contribution is 1.21. The standard InChI is InChI=1S/C14H10N/c1-2-5-11(6-3-1)12-9-10-15-14-8-4-7-13(12)14/h1-10H. The van der Waals surface area contributed by atoms with Crippen LogP contribution in [0.15, 0.2) is 65.2 Å². The summed E-state index contributed by atoms with van der Waals surface area (Å²) in [6.07, 6.45) is 10.1. The van der Waals surface area contributed by atoms with E-state index in [0.29, 0.717) is 0 Å². The molecule has 0 atom stereocenters. The third-order valence-corrected chi connectivity index (χ3v) is 2.62. The van der Waals surface area contributed by atoms with Crippen LogP contribution in [0.3, 0.4) is 0 Å². The van der Waals surface area contributed by atoms with Crippen LogP contribution in [0, 0.1) is 6.04 Å². The maximum atomic E-state index is 4.33. The Labute approximate surface area is 89.2 Å². The van der Waals surface area contributed by atoms with Gasteiger partial charge in [0, 0.05) is 6.21 Å². The fourth-order valence-electron chi connectivity index (χ4n) is 1.90. The minimum atomic E-state index is 1.07. The molecule has 1 aromatic carbocycles. The number of fused-ring (bicyclic) bond motifs is 1. The van der Waals surface area contributed by atoms with E-state index in [0.717, 1.165) is 6.04 Å². The molecular weight excluding hydrogens is 182 g/mol. The van der Waals surface area contributed by atoms with E-state index in [9.17, 15) is 0 Å². The van der Waals surface area contributed by atoms with E-state index < -0.39 is 0 Å². The summed E-state index contributed by atoms with van der Waals surface area (Å²) in [4.78, 5) is 4.33. The molecule has 0 fully saturated rings. The summed E-state index contributed by atoms with van der Waals surface area (Å²) in [5.41, 5.74) is 3.73. The monoisotopic (exact) mass is 192 g/mol. The molecular formula is C14H10N. The molecule has 1 heteroatoms. The Balaban J connectivity index is 2.07. The van der Waals surface area contributed by atoms with Gasteiger partial charge in [0.2, 0.25) is 0 Å². The van der Waals surface area contributed by atoms with E-state index in [1.165, 1.54) is 16.7 Å². The zero-order valence-corrected chi connectivity index (χ0v) is 8.22. The van der Waals surface area contributed by atoms with E-state index in [2.05, 4.69) is 41.4 Å². The molecule has 3 rings (SSSR count). The quantitative estimate of drug-likeness (QED) is 0.648. The third-order valence-electron chi connectivity index (χ3n) is 2.62. The van der Waals surface area contributed by atoms with Gasteiger partial charge in [-0.05, 0) is 28.9 Å². The smallest absolute Gasteiger partial charge is 0.137 e. The molecule has 1 aliphatic carbocycles. The lowest BCUT2D eigenvalue weighted by atomic mass is 9.93. The molecule has 15 heavy (non-hydrogen) atoms. The summed E-state index contributed by atoms with van der Waals surface area (Å²) in [6.45, 7) is 0. The summed E-state index contributed by atoms with van der Waals surface area (Å²) in [5, 5.41) is 0. The highest BCUT2D eigenvalue weighted by atomic mass is 14.8. The number of hydrogen-bond acceptors (Lipinski definition) is 1. The van der Waals surface area contributed by atoms with Gasteiger partial charge in [0.1, 0.15) is 6.04 Å². The molecule has 1 aromatic rings. The molecule has 0 unspecified atom stereocenters. The van der Waals surface area contributed by atoms with Crippen molar-refractivity contribution in [3.63, 3.8) is 0 Å². The number of allylic oxidation sites excluding steroid dienone is 3. The molecule has 1 aliphatic heterocycles. The first-order valence-corrected chi connectivity index (χ1v) is 5.01. The largest absolute Gasteiger partial charge is 0.274 e. The molecule has 0 bridgehead atoms. The van der Waals surface area contributed by atoms with Crippen molar-refractivity contribution >= 4 is 11.8 Å². The van der Waals surface area contributed by atoms with Gasteiger partial charge in [-0.2, -0.15) is 0 Å². The Morgan fingerprint density at radius 2 is 1.73 bits per heavy atom. The number of rotatable bonds is 1. The van der Waals surface area contributed by atoms with Crippen molar-refractivity contribution in [1.29, 1.82) is 0 Å². The fraction of sp³-hybridized carbons (Fsp3) is 0. The molecule has 1 radical (unpaired) electrons. The Morgan fingerprint density at radius 3 is 2.60 bits per heavy atom. The van der Waals surface area contributed by atoms with Gasteiger partial charge in [0.05, 0.1) is 0 Å². The number of nitrogens with zero attached hydrogens (tertiary/aromatic N) is 1. The predicted molar refractivity (Wildman–Crippen MR) is 63.4 cm³/mol. The van der Waals surface area contributed by atoms with Gasteiger partial charge in [0.15, 0.2) is 0 Å². The van der Waals surface area contributed by atoms with Crippen LogP contribution in [-0.4, -0.2) is 6.21 Å². The van der Waals surface area contributed by atoms with Crippen molar-refractivity contribution in [2.45, 2.75) is 0 Å². The summed E-state index contributed by atoms with van der Waals surface area (Å²) >= 11 is 0. The summed E-state index contributed by atoms with van der Waals surface area (Å²) in [5.74, 6) is 0. The first-order valence-electron chi connectivity index (χ1n) is 5.01. The number of aliphatic imine (C=N–C) groups is 1. The fourth-order valence-corrected chi connectivity index (χ4v) is 1.90. The Hall–Kier alpha value is -1.89. The lowest BCUT2D eigenvalue weighted by Crippen LogP contribution is -2.01. The van der Waals surface area contributed by atoms with Crippen molar-refractivity contribution in [3.8, 4) is 0 Å². The van der Waals surface area contributed by atoms with Crippen LogP contribution in [-0.2, 0) is 0 Å². The van der Waals surface area contributed by atoms with Crippen LogP contribution in [0.5, 0.6) is 0 Å². The average molecular weight is 192 g/mol. The van der Waals surface area contributed by atoms with Crippen LogP contribution in [0.25, 0.3) is 5.57 Å². The maximum Gasteiger partial charge on any atom is 0.137 e. The highest BCUT2D eigenvalue weighted by Crippen LogP contribution is 2.36. The Kier molecular flexibility index (Phi) is 1.88. The van der Waals surface area contributed by atoms with Gasteiger partial charge in [0.25, 0.3) is 0 Å². The Morgan fingerprint density at radius 1 is 0.867 bits per heavy atom. The van der Waals surface area contributed by atoms with Crippen molar-refractivity contribution in [1.82, 2.24) is 0 Å². The van der Waals surface area contributed by atoms with Crippen LogP contribution >= 0.6 is 0 Å². The normalized spacial score (nSPS) is 18.7. The first kappa shape index (κ1) is 8.42. The van der Waals surface area contributed by atoms with Crippen molar-refractivity contribution in [2.24, 2.45) is 4.99 Å². The average Bonchev–Trinajstić information content (AvgIpc) is 2.78. The number of benzene rings is 1. The van der Waals surface area contributed by atoms with Crippen molar-refractivity contribution in [3.05, 3.63) is 71.8 Å². The topological polar surface area (TPSA) is 12.4 Å². The SMILES string of the molecule is C1=C[C]2N=CC=C(c3ccccc3)C2=C1. The second kappa shape index (κ2) is 3.35. The highest BCUT2D eigenvalue weighted by Gasteiger charge is 2.21. The van der Waals surface area contributed by atoms with Gasteiger partial charge >= 0.3 is 0 Å². The number of hydrogen-bond donors (Lipinski definition) is 0. The van der Waals surface area contributed by atoms with E-state index in [1.54, 1.807) is 0 Å². The van der Waals surface area contributed by atoms with Gasteiger partial charge < -0.3 is 0 Å². The van der Waals surface area contributed by atoms with E-state index >= 15 is 0 Å². The zero-order chi connectivity index (χ0) is 10.1. The van der Waals surface area contributed by atoms with Gasteiger partial charge in [-0.3, -0.25) is 4.99 Å². The summed E-state index contributed by atoms with van der Waals surface area (Å²) < 4.78 is 0. The molecule has 0 saturated heterocycles. The van der Waals surface area contributed by atoms with Gasteiger partial charge in [-0.25, -0.2) is 0 Å². The van der Waals surface area contributed by atoms with E-state index in [-0.39, 0.29) is 0 Å². The second-order valence-electron chi connectivity index (χ2n) is 3.55. The molecule has 0 aromatic heterocycles. The van der Waals surface area contributed by atoms with Gasteiger partial charge in [-0.1, -0.05) is 42.5 Å². The van der Waals surface area contributed by atoms with Crippen molar-refractivity contribution < 1.29 is 0 Å². The Bertz CT molecular complexity index is 489. The molecule has 2 aliphatic rings. The molecule has 1 heterocycles. The van der Waals surface area contributed by atoms with Gasteiger partial charge in [-0.15, -0.1) is 0 Å². The van der Waals surface area contributed by atoms with Crippen LogP contribution < -0.4 is 0 Å². The van der Waals surface area contributed by atoms with Crippen molar-refractivity contribution in [2.75, 3.05) is 0 Å². The first-order chi connectivity index (χ1) is 7.45. The molecule has 71 valence electrons. The highest BCUT2D eigenvalue weighted by molar-refractivity contribution is 5.97. The van der Waals surface area contributed by atoms with Crippen LogP contribution in [0.4, 0.5) is 0 Å². The molecule has 0 spiro atoms. The second-order valence-corrected chi connectivity index (χ2v) is 3.55. The summed E-state index contributed by atoms with van der Waals surface area (Å²) in [6, 6.07) is 11.5. The number of dihydropyridines is 1. The maximum absolute atomic E-state index is 4.33. The third kappa shape index (κ3) is 1.37. The molecule has 1 nitrogen and oxygen atoms in total. The minimum absolute atomic E-state index is 1.07. The van der Waals surface area contributed by atoms with E-state index in [4.69, 9.17) is 0 Å².